The Morgan fingerprint density at radius 1 is 1.24 bits per heavy atom. The standard InChI is InChI=1S/C18H26N4O3/c1-12(2)20-17(25)21-14-7-5-6-13(10-14)15(23)22-9-8-18(3,11-22)16(24)19-4/h5-7,10,12H,8-9,11H2,1-4H3,(H,19,24)(H2,20,21,25). The molecule has 7 nitrogen and oxygen atoms in total. The molecule has 0 aliphatic carbocycles. The van der Waals surface area contributed by atoms with Gasteiger partial charge >= 0.3 is 6.03 Å². The van der Waals surface area contributed by atoms with Crippen molar-refractivity contribution in [1.82, 2.24) is 15.5 Å². The van der Waals surface area contributed by atoms with E-state index in [-0.39, 0.29) is 23.9 Å². The topological polar surface area (TPSA) is 90.5 Å². The van der Waals surface area contributed by atoms with E-state index >= 15 is 0 Å². The molecule has 0 radical (unpaired) electrons. The van der Waals surface area contributed by atoms with Crippen LogP contribution in [0, 0.1) is 5.41 Å². The number of likely N-dealkylation sites (tertiary alicyclic amines) is 1. The summed E-state index contributed by atoms with van der Waals surface area (Å²) in [6, 6.07) is 6.53. The molecule has 1 fully saturated rings. The number of urea groups is 1. The summed E-state index contributed by atoms with van der Waals surface area (Å²) in [5, 5.41) is 8.11. The SMILES string of the molecule is CNC(=O)C1(C)CCN(C(=O)c2cccc(NC(=O)NC(C)C)c2)C1. The quantitative estimate of drug-likeness (QED) is 0.777. The molecule has 2 rings (SSSR count). The molecular weight excluding hydrogens is 320 g/mol. The van der Waals surface area contributed by atoms with Gasteiger partial charge in [-0.1, -0.05) is 6.07 Å². The van der Waals surface area contributed by atoms with E-state index in [0.717, 1.165) is 0 Å². The van der Waals surface area contributed by atoms with Crippen LogP contribution < -0.4 is 16.0 Å². The van der Waals surface area contributed by atoms with Crippen molar-refractivity contribution in [3.05, 3.63) is 29.8 Å². The summed E-state index contributed by atoms with van der Waals surface area (Å²) in [7, 11) is 1.61. The van der Waals surface area contributed by atoms with Gasteiger partial charge in [0.25, 0.3) is 5.91 Å². The minimum Gasteiger partial charge on any atom is -0.359 e. The lowest BCUT2D eigenvalue weighted by Crippen LogP contribution is -2.40. The molecular formula is C18H26N4O3. The highest BCUT2D eigenvalue weighted by Gasteiger charge is 2.41. The molecule has 1 aromatic carbocycles. The van der Waals surface area contributed by atoms with E-state index in [1.165, 1.54) is 0 Å². The number of hydrogen-bond donors (Lipinski definition) is 3. The van der Waals surface area contributed by atoms with Crippen molar-refractivity contribution in [2.45, 2.75) is 33.2 Å². The predicted octanol–water partition coefficient (Wildman–Crippen LogP) is 1.81. The molecule has 1 unspecified atom stereocenters. The highest BCUT2D eigenvalue weighted by atomic mass is 16.2. The van der Waals surface area contributed by atoms with Gasteiger partial charge in [0.1, 0.15) is 0 Å². The molecule has 1 saturated heterocycles. The van der Waals surface area contributed by atoms with Gasteiger partial charge in [0.2, 0.25) is 5.91 Å². The minimum absolute atomic E-state index is 0.0248. The number of nitrogens with zero attached hydrogens (tertiary/aromatic N) is 1. The average molecular weight is 346 g/mol. The van der Waals surface area contributed by atoms with Crippen molar-refractivity contribution in [2.24, 2.45) is 5.41 Å². The first-order valence-electron chi connectivity index (χ1n) is 8.44. The Morgan fingerprint density at radius 3 is 2.60 bits per heavy atom. The van der Waals surface area contributed by atoms with E-state index in [4.69, 9.17) is 0 Å². The molecule has 1 heterocycles. The Morgan fingerprint density at radius 2 is 1.96 bits per heavy atom. The molecule has 1 atom stereocenters. The van der Waals surface area contributed by atoms with E-state index in [1.54, 1.807) is 36.2 Å². The van der Waals surface area contributed by atoms with E-state index in [2.05, 4.69) is 16.0 Å². The van der Waals surface area contributed by atoms with Crippen molar-refractivity contribution in [1.29, 1.82) is 0 Å². The van der Waals surface area contributed by atoms with Crippen LogP contribution in [0.3, 0.4) is 0 Å². The number of nitrogens with one attached hydrogen (secondary N) is 3. The van der Waals surface area contributed by atoms with Gasteiger partial charge in [0, 0.05) is 37.4 Å². The van der Waals surface area contributed by atoms with Crippen molar-refractivity contribution in [3.8, 4) is 0 Å². The molecule has 7 heteroatoms. The third kappa shape index (κ3) is 4.49. The second-order valence-electron chi connectivity index (χ2n) is 6.95. The summed E-state index contributed by atoms with van der Waals surface area (Å²) >= 11 is 0. The molecule has 136 valence electrons. The fourth-order valence-corrected chi connectivity index (χ4v) is 2.96. The van der Waals surface area contributed by atoms with Crippen LogP contribution in [0.25, 0.3) is 0 Å². The first kappa shape index (κ1) is 18.8. The summed E-state index contributed by atoms with van der Waals surface area (Å²) in [6.45, 7) is 6.53. The van der Waals surface area contributed by atoms with Crippen LogP contribution in [0.5, 0.6) is 0 Å². The molecule has 3 N–H and O–H groups in total. The first-order chi connectivity index (χ1) is 11.7. The van der Waals surface area contributed by atoms with Crippen LogP contribution in [-0.4, -0.2) is 48.9 Å². The van der Waals surface area contributed by atoms with Crippen molar-refractivity contribution < 1.29 is 14.4 Å². The van der Waals surface area contributed by atoms with Crippen LogP contribution in [0.15, 0.2) is 24.3 Å². The number of benzene rings is 1. The molecule has 1 aliphatic rings. The number of amides is 4. The highest BCUT2D eigenvalue weighted by Crippen LogP contribution is 2.31. The van der Waals surface area contributed by atoms with E-state index < -0.39 is 5.41 Å². The second kappa shape index (κ2) is 7.55. The zero-order valence-electron chi connectivity index (χ0n) is 15.2. The fraction of sp³-hybridized carbons (Fsp3) is 0.500. The average Bonchev–Trinajstić information content (AvgIpc) is 2.96. The van der Waals surface area contributed by atoms with Crippen LogP contribution in [-0.2, 0) is 4.79 Å². The summed E-state index contributed by atoms with van der Waals surface area (Å²) in [5.74, 6) is -0.191. The normalized spacial score (nSPS) is 19.6. The van der Waals surface area contributed by atoms with Crippen LogP contribution >= 0.6 is 0 Å². The predicted molar refractivity (Wildman–Crippen MR) is 96.4 cm³/mol. The summed E-state index contributed by atoms with van der Waals surface area (Å²) in [4.78, 5) is 38.2. The van der Waals surface area contributed by atoms with Gasteiger partial charge in [-0.25, -0.2) is 4.79 Å². The number of carbonyl (C=O) groups excluding carboxylic acids is 3. The third-order valence-electron chi connectivity index (χ3n) is 4.32. The van der Waals surface area contributed by atoms with Crippen LogP contribution in [0.1, 0.15) is 37.6 Å². The Balaban J connectivity index is 2.07. The molecule has 0 aromatic heterocycles. The fourth-order valence-electron chi connectivity index (χ4n) is 2.96. The Labute approximate surface area is 148 Å². The summed E-state index contributed by atoms with van der Waals surface area (Å²) in [5.41, 5.74) is 0.484. The van der Waals surface area contributed by atoms with E-state index in [1.807, 2.05) is 20.8 Å². The Bertz CT molecular complexity index is 674. The maximum atomic E-state index is 12.7. The lowest BCUT2D eigenvalue weighted by atomic mass is 9.89. The van der Waals surface area contributed by atoms with Crippen molar-refractivity contribution >= 4 is 23.5 Å². The number of carbonyl (C=O) groups is 3. The lowest BCUT2D eigenvalue weighted by Gasteiger charge is -2.23. The molecule has 4 amide bonds. The van der Waals surface area contributed by atoms with Gasteiger partial charge in [-0.2, -0.15) is 0 Å². The maximum absolute atomic E-state index is 12.7. The van der Waals surface area contributed by atoms with Gasteiger partial charge in [-0.3, -0.25) is 9.59 Å². The van der Waals surface area contributed by atoms with Crippen molar-refractivity contribution in [3.63, 3.8) is 0 Å². The Kier molecular flexibility index (Phi) is 5.66. The van der Waals surface area contributed by atoms with Gasteiger partial charge in [0.15, 0.2) is 0 Å². The molecule has 1 aliphatic heterocycles. The van der Waals surface area contributed by atoms with Crippen LogP contribution in [0.4, 0.5) is 10.5 Å². The summed E-state index contributed by atoms with van der Waals surface area (Å²) in [6.07, 6.45) is 0.632. The van der Waals surface area contributed by atoms with Gasteiger partial charge in [-0.05, 0) is 45.4 Å². The van der Waals surface area contributed by atoms with Gasteiger partial charge in [0.05, 0.1) is 5.41 Å². The monoisotopic (exact) mass is 346 g/mol. The van der Waals surface area contributed by atoms with Crippen molar-refractivity contribution in [2.75, 3.05) is 25.5 Å². The molecule has 0 saturated carbocycles. The smallest absolute Gasteiger partial charge is 0.319 e. The largest absolute Gasteiger partial charge is 0.359 e. The van der Waals surface area contributed by atoms with Gasteiger partial charge < -0.3 is 20.9 Å². The second-order valence-corrected chi connectivity index (χ2v) is 6.95. The maximum Gasteiger partial charge on any atom is 0.319 e. The zero-order valence-corrected chi connectivity index (χ0v) is 15.2. The number of rotatable bonds is 4. The first-order valence-corrected chi connectivity index (χ1v) is 8.44. The van der Waals surface area contributed by atoms with E-state index in [0.29, 0.717) is 30.8 Å². The van der Waals surface area contributed by atoms with Crippen LogP contribution in [0.2, 0.25) is 0 Å². The lowest BCUT2D eigenvalue weighted by molar-refractivity contribution is -0.128. The molecule has 25 heavy (non-hydrogen) atoms. The molecule has 0 bridgehead atoms. The van der Waals surface area contributed by atoms with Gasteiger partial charge in [-0.15, -0.1) is 0 Å². The number of anilines is 1. The highest BCUT2D eigenvalue weighted by molar-refractivity contribution is 5.97. The number of hydrogen-bond acceptors (Lipinski definition) is 3. The third-order valence-corrected chi connectivity index (χ3v) is 4.32. The Hall–Kier alpha value is -2.57. The zero-order chi connectivity index (χ0) is 18.6. The summed E-state index contributed by atoms with van der Waals surface area (Å²) < 4.78 is 0. The minimum atomic E-state index is -0.558. The molecule has 1 aromatic rings. The van der Waals surface area contributed by atoms with E-state index in [9.17, 15) is 14.4 Å². The molecule has 0 spiro atoms.